The van der Waals surface area contributed by atoms with Crippen molar-refractivity contribution in [2.45, 2.75) is 0 Å². The number of hydrogen-bond acceptors (Lipinski definition) is 6. The molecule has 4 rings (SSSR count). The second-order valence-corrected chi connectivity index (χ2v) is 6.11. The fourth-order valence-electron chi connectivity index (χ4n) is 2.37. The molecular weight excluding hydrogens is 326 g/mol. The van der Waals surface area contributed by atoms with E-state index in [1.807, 2.05) is 30.3 Å². The first kappa shape index (κ1) is 14.5. The molecule has 2 amide bonds. The molecule has 7 heteroatoms. The number of furan rings is 1. The van der Waals surface area contributed by atoms with Crippen molar-refractivity contribution >= 4 is 51.3 Å². The van der Waals surface area contributed by atoms with Gasteiger partial charge in [-0.2, -0.15) is 0 Å². The molecule has 24 heavy (non-hydrogen) atoms. The molecule has 1 fully saturated rings. The summed E-state index contributed by atoms with van der Waals surface area (Å²) in [7, 11) is 0. The summed E-state index contributed by atoms with van der Waals surface area (Å²) in [6, 6.07) is 11.5. The highest BCUT2D eigenvalue weighted by molar-refractivity contribution is 8.18. The molecule has 1 aliphatic rings. The van der Waals surface area contributed by atoms with Crippen LogP contribution in [0, 0.1) is 0 Å². The molecule has 0 saturated carbocycles. The summed E-state index contributed by atoms with van der Waals surface area (Å²) in [6.45, 7) is 0. The van der Waals surface area contributed by atoms with Crippen LogP contribution in [-0.4, -0.2) is 16.1 Å². The van der Waals surface area contributed by atoms with Crippen LogP contribution < -0.4 is 10.6 Å². The number of imide groups is 1. The lowest BCUT2D eigenvalue weighted by Gasteiger charge is -2.05. The van der Waals surface area contributed by atoms with Crippen molar-refractivity contribution in [3.63, 3.8) is 0 Å². The highest BCUT2D eigenvalue weighted by Crippen LogP contribution is 2.31. The van der Waals surface area contributed by atoms with E-state index in [1.54, 1.807) is 24.5 Å². The normalized spacial score (nSPS) is 15.9. The number of fused-ring (bicyclic) bond motifs is 1. The van der Waals surface area contributed by atoms with Gasteiger partial charge in [-0.3, -0.25) is 19.9 Å². The molecule has 0 atom stereocenters. The number of thioether (sulfide) groups is 1. The van der Waals surface area contributed by atoms with Crippen LogP contribution in [0.5, 0.6) is 0 Å². The van der Waals surface area contributed by atoms with E-state index in [9.17, 15) is 9.59 Å². The highest BCUT2D eigenvalue weighted by atomic mass is 32.2. The fraction of sp³-hybridized carbons (Fsp3) is 0. The average Bonchev–Trinajstić information content (AvgIpc) is 3.12. The smallest absolute Gasteiger partial charge is 0.290 e. The van der Waals surface area contributed by atoms with E-state index in [0.717, 1.165) is 28.5 Å². The third kappa shape index (κ3) is 2.77. The zero-order chi connectivity index (χ0) is 16.5. The van der Waals surface area contributed by atoms with E-state index < -0.39 is 5.91 Å². The zero-order valence-corrected chi connectivity index (χ0v) is 13.1. The number of nitrogens with one attached hydrogen (secondary N) is 2. The van der Waals surface area contributed by atoms with Gasteiger partial charge < -0.3 is 9.73 Å². The number of anilines is 2. The number of aromatic nitrogens is 1. The van der Waals surface area contributed by atoms with Crippen molar-refractivity contribution in [2.75, 3.05) is 5.32 Å². The predicted molar refractivity (Wildman–Crippen MR) is 92.8 cm³/mol. The number of rotatable bonds is 3. The summed E-state index contributed by atoms with van der Waals surface area (Å²) in [4.78, 5) is 27.4. The SMILES string of the molecule is O=C1NC(=O)/C(=C\c2cc3cncc(Nc4ccccc4)c3o2)S1. The van der Waals surface area contributed by atoms with Crippen molar-refractivity contribution in [3.05, 3.63) is 59.5 Å². The minimum atomic E-state index is -0.411. The van der Waals surface area contributed by atoms with Crippen LogP contribution in [0.15, 0.2) is 58.1 Å². The molecule has 3 heterocycles. The second kappa shape index (κ2) is 5.86. The summed E-state index contributed by atoms with van der Waals surface area (Å²) in [5.74, 6) is 0.0766. The molecule has 0 bridgehead atoms. The quantitative estimate of drug-likeness (QED) is 0.705. The summed E-state index contributed by atoms with van der Waals surface area (Å²) in [6.07, 6.45) is 4.91. The molecule has 3 aromatic rings. The molecule has 0 radical (unpaired) electrons. The van der Waals surface area contributed by atoms with Crippen LogP contribution in [0.25, 0.3) is 17.0 Å². The van der Waals surface area contributed by atoms with Gasteiger partial charge in [0, 0.05) is 23.3 Å². The van der Waals surface area contributed by atoms with Crippen molar-refractivity contribution in [1.29, 1.82) is 0 Å². The highest BCUT2D eigenvalue weighted by Gasteiger charge is 2.25. The van der Waals surface area contributed by atoms with E-state index in [4.69, 9.17) is 4.42 Å². The van der Waals surface area contributed by atoms with E-state index in [2.05, 4.69) is 15.6 Å². The Bertz CT molecular complexity index is 979. The van der Waals surface area contributed by atoms with Crippen LogP contribution >= 0.6 is 11.8 Å². The van der Waals surface area contributed by atoms with E-state index in [1.165, 1.54) is 0 Å². The number of pyridine rings is 1. The molecule has 1 aromatic carbocycles. The molecule has 6 nitrogen and oxygen atoms in total. The van der Waals surface area contributed by atoms with Gasteiger partial charge in [-0.25, -0.2) is 0 Å². The molecular formula is C17H11N3O3S. The van der Waals surface area contributed by atoms with Gasteiger partial charge in [0.1, 0.15) is 11.4 Å². The Kier molecular flexibility index (Phi) is 3.55. The third-order valence-electron chi connectivity index (χ3n) is 3.41. The summed E-state index contributed by atoms with van der Waals surface area (Å²) >= 11 is 0.856. The van der Waals surface area contributed by atoms with Crippen LogP contribution in [0.2, 0.25) is 0 Å². The number of carbonyl (C=O) groups excluding carboxylic acids is 2. The van der Waals surface area contributed by atoms with Crippen LogP contribution in [0.4, 0.5) is 16.2 Å². The molecule has 0 unspecified atom stereocenters. The number of hydrogen-bond donors (Lipinski definition) is 2. The monoisotopic (exact) mass is 337 g/mol. The maximum Gasteiger partial charge on any atom is 0.290 e. The minimum Gasteiger partial charge on any atom is -0.454 e. The maximum atomic E-state index is 11.6. The molecule has 118 valence electrons. The third-order valence-corrected chi connectivity index (χ3v) is 4.22. The molecule has 0 spiro atoms. The standard InChI is InChI=1S/C17H11N3O3S/c21-16-14(24-17(22)20-16)7-12-6-10-8-18-9-13(15(10)23-12)19-11-4-2-1-3-5-11/h1-9,19H,(H,20,21,22)/b14-7+. The van der Waals surface area contributed by atoms with Gasteiger partial charge in [0.25, 0.3) is 11.1 Å². The molecule has 2 aromatic heterocycles. The first-order valence-electron chi connectivity index (χ1n) is 7.13. The Morgan fingerprint density at radius 1 is 1.17 bits per heavy atom. The van der Waals surface area contributed by atoms with E-state index in [0.29, 0.717) is 16.2 Å². The Balaban J connectivity index is 1.71. The maximum absolute atomic E-state index is 11.6. The fourth-order valence-corrected chi connectivity index (χ4v) is 3.03. The van der Waals surface area contributed by atoms with Gasteiger partial charge in [0.05, 0.1) is 11.1 Å². The lowest BCUT2D eigenvalue weighted by Crippen LogP contribution is -2.17. The largest absolute Gasteiger partial charge is 0.454 e. The van der Waals surface area contributed by atoms with Crippen LogP contribution in [-0.2, 0) is 4.79 Å². The Morgan fingerprint density at radius 3 is 2.75 bits per heavy atom. The lowest BCUT2D eigenvalue weighted by molar-refractivity contribution is -0.115. The molecule has 0 aliphatic carbocycles. The van der Waals surface area contributed by atoms with Gasteiger partial charge in [-0.05, 0) is 30.0 Å². The molecule has 1 saturated heterocycles. The predicted octanol–water partition coefficient (Wildman–Crippen LogP) is 3.90. The first-order valence-corrected chi connectivity index (χ1v) is 7.95. The van der Waals surface area contributed by atoms with Crippen molar-refractivity contribution in [2.24, 2.45) is 0 Å². The number of amides is 2. The zero-order valence-electron chi connectivity index (χ0n) is 12.3. The Labute approximate surface area is 140 Å². The second-order valence-electron chi connectivity index (χ2n) is 5.10. The van der Waals surface area contributed by atoms with Gasteiger partial charge >= 0.3 is 0 Å². The number of carbonyl (C=O) groups is 2. The topological polar surface area (TPSA) is 84.2 Å². The van der Waals surface area contributed by atoms with Crippen molar-refractivity contribution in [1.82, 2.24) is 10.3 Å². The van der Waals surface area contributed by atoms with Crippen molar-refractivity contribution in [3.8, 4) is 0 Å². The lowest BCUT2D eigenvalue weighted by atomic mass is 10.2. The summed E-state index contributed by atoms with van der Waals surface area (Å²) < 4.78 is 5.83. The summed E-state index contributed by atoms with van der Waals surface area (Å²) in [5, 5.41) is 5.89. The molecule has 2 N–H and O–H groups in total. The number of para-hydroxylation sites is 1. The van der Waals surface area contributed by atoms with Crippen molar-refractivity contribution < 1.29 is 14.0 Å². The van der Waals surface area contributed by atoms with Gasteiger partial charge in [-0.1, -0.05) is 18.2 Å². The van der Waals surface area contributed by atoms with Crippen LogP contribution in [0.1, 0.15) is 5.76 Å². The Hall–Kier alpha value is -3.06. The minimum absolute atomic E-state index is 0.310. The Morgan fingerprint density at radius 2 is 2.00 bits per heavy atom. The number of nitrogens with zero attached hydrogens (tertiary/aromatic N) is 1. The average molecular weight is 337 g/mol. The van der Waals surface area contributed by atoms with E-state index >= 15 is 0 Å². The summed E-state index contributed by atoms with van der Waals surface area (Å²) in [5.41, 5.74) is 2.28. The van der Waals surface area contributed by atoms with Gasteiger partial charge in [0.2, 0.25) is 0 Å². The number of benzene rings is 1. The van der Waals surface area contributed by atoms with Crippen LogP contribution in [0.3, 0.4) is 0 Å². The van der Waals surface area contributed by atoms with Gasteiger partial charge in [0.15, 0.2) is 5.58 Å². The molecule has 1 aliphatic heterocycles. The van der Waals surface area contributed by atoms with E-state index in [-0.39, 0.29) is 5.24 Å². The first-order chi connectivity index (χ1) is 11.7. The van der Waals surface area contributed by atoms with Gasteiger partial charge in [-0.15, -0.1) is 0 Å².